The molecule has 0 atom stereocenters. The third-order valence-electron chi connectivity index (χ3n) is 7.06. The lowest BCUT2D eigenvalue weighted by Gasteiger charge is -2.30. The highest BCUT2D eigenvalue weighted by Crippen LogP contribution is 2.63. The predicted octanol–water partition coefficient (Wildman–Crippen LogP) is 7.34. The second kappa shape index (κ2) is 7.50. The van der Waals surface area contributed by atoms with Gasteiger partial charge in [-0.15, -0.1) is 0 Å². The molecule has 1 spiro atoms. The normalized spacial score (nSPS) is 17.9. The van der Waals surface area contributed by atoms with E-state index in [9.17, 15) is 0 Å². The van der Waals surface area contributed by atoms with Crippen molar-refractivity contribution in [1.82, 2.24) is 0 Å². The zero-order valence-corrected chi connectivity index (χ0v) is 18.6. The largest absolute Gasteiger partial charge is 0.398 e. The Bertz CT molecular complexity index is 1420. The topological polar surface area (TPSA) is 26.0 Å². The number of rotatable bonds is 2. The molecule has 1 nitrogen and oxygen atoms in total. The summed E-state index contributed by atoms with van der Waals surface area (Å²) >= 11 is 0. The van der Waals surface area contributed by atoms with Gasteiger partial charge in [0, 0.05) is 11.3 Å². The average molecular weight is 424 g/mol. The van der Waals surface area contributed by atoms with Crippen molar-refractivity contribution in [3.8, 4) is 11.1 Å². The molecule has 0 saturated carbocycles. The summed E-state index contributed by atoms with van der Waals surface area (Å²) in [4.78, 5) is 0. The van der Waals surface area contributed by atoms with Crippen molar-refractivity contribution < 1.29 is 0 Å². The van der Waals surface area contributed by atoms with Gasteiger partial charge >= 0.3 is 0 Å². The Balaban J connectivity index is 1.67. The highest BCUT2D eigenvalue weighted by atomic mass is 14.6. The Morgan fingerprint density at radius 1 is 0.636 bits per heavy atom. The van der Waals surface area contributed by atoms with Crippen LogP contribution in [0.15, 0.2) is 127 Å². The summed E-state index contributed by atoms with van der Waals surface area (Å²) in [6, 6.07) is 36.7. The van der Waals surface area contributed by atoms with Crippen molar-refractivity contribution in [2.24, 2.45) is 5.73 Å². The van der Waals surface area contributed by atoms with Crippen molar-refractivity contribution in [1.29, 1.82) is 0 Å². The van der Waals surface area contributed by atoms with Crippen molar-refractivity contribution in [3.05, 3.63) is 154 Å². The molecule has 33 heavy (non-hydrogen) atoms. The number of fused-ring (bicyclic) bond motifs is 7. The molecule has 0 heterocycles. The second-order valence-corrected chi connectivity index (χ2v) is 8.66. The summed E-state index contributed by atoms with van der Waals surface area (Å²) in [6.07, 6.45) is 6.41. The fourth-order valence-electron chi connectivity index (χ4n) is 5.83. The maximum atomic E-state index is 6.85. The van der Waals surface area contributed by atoms with Crippen molar-refractivity contribution in [2.75, 3.05) is 0 Å². The number of nitrogens with two attached hydrogens (primary N) is 1. The van der Waals surface area contributed by atoms with Gasteiger partial charge in [-0.3, -0.25) is 0 Å². The van der Waals surface area contributed by atoms with Crippen LogP contribution in [0.2, 0.25) is 0 Å². The third kappa shape index (κ3) is 2.66. The number of hydrogen-bond acceptors (Lipinski definition) is 1. The molecule has 1 heteroatoms. The van der Waals surface area contributed by atoms with E-state index in [2.05, 4.69) is 110 Å². The van der Waals surface area contributed by atoms with Crippen LogP contribution in [0.4, 0.5) is 0 Å². The van der Waals surface area contributed by atoms with E-state index in [1.165, 1.54) is 39.0 Å². The first-order valence-corrected chi connectivity index (χ1v) is 11.5. The number of hydrogen-bond donors (Lipinski definition) is 1. The van der Waals surface area contributed by atoms with E-state index in [0.29, 0.717) is 0 Å². The van der Waals surface area contributed by atoms with E-state index in [0.717, 1.165) is 16.8 Å². The first-order valence-electron chi connectivity index (χ1n) is 11.5. The maximum absolute atomic E-state index is 6.85. The SMILES string of the molecule is CC=C1/C(=C(N)\C=C\c2ccccc2)c2ccccc2C12c1ccccc1-c1ccccc12. The summed E-state index contributed by atoms with van der Waals surface area (Å²) in [7, 11) is 0. The molecule has 2 N–H and O–H groups in total. The summed E-state index contributed by atoms with van der Waals surface area (Å²) < 4.78 is 0. The van der Waals surface area contributed by atoms with E-state index < -0.39 is 0 Å². The van der Waals surface area contributed by atoms with Crippen LogP contribution < -0.4 is 5.73 Å². The van der Waals surface area contributed by atoms with Gasteiger partial charge in [-0.2, -0.15) is 0 Å². The fraction of sp³-hybridized carbons (Fsp3) is 0.0625. The monoisotopic (exact) mass is 423 g/mol. The highest BCUT2D eigenvalue weighted by Gasteiger charge is 2.53. The molecule has 0 aliphatic heterocycles. The summed E-state index contributed by atoms with van der Waals surface area (Å²) in [6.45, 7) is 2.14. The highest BCUT2D eigenvalue weighted by molar-refractivity contribution is 6.01. The van der Waals surface area contributed by atoms with Gasteiger partial charge in [0.05, 0.1) is 5.41 Å². The molecule has 0 radical (unpaired) electrons. The first kappa shape index (κ1) is 19.6. The van der Waals surface area contributed by atoms with E-state index in [4.69, 9.17) is 5.73 Å². The molecule has 0 bridgehead atoms. The Morgan fingerprint density at radius 3 is 1.70 bits per heavy atom. The van der Waals surface area contributed by atoms with E-state index in [1.54, 1.807) is 0 Å². The zero-order chi connectivity index (χ0) is 22.4. The van der Waals surface area contributed by atoms with Crippen LogP contribution in [0.5, 0.6) is 0 Å². The van der Waals surface area contributed by atoms with Gasteiger partial charge in [0.25, 0.3) is 0 Å². The first-order chi connectivity index (χ1) is 16.3. The smallest absolute Gasteiger partial charge is 0.0723 e. The van der Waals surface area contributed by atoms with E-state index >= 15 is 0 Å². The molecule has 4 aromatic rings. The zero-order valence-electron chi connectivity index (χ0n) is 18.6. The minimum absolute atomic E-state index is 0.348. The third-order valence-corrected chi connectivity index (χ3v) is 7.06. The quantitative estimate of drug-likeness (QED) is 0.358. The molecule has 2 aliphatic carbocycles. The second-order valence-electron chi connectivity index (χ2n) is 8.66. The van der Waals surface area contributed by atoms with Gasteiger partial charge in [0.15, 0.2) is 0 Å². The predicted molar refractivity (Wildman–Crippen MR) is 139 cm³/mol. The Kier molecular flexibility index (Phi) is 4.45. The molecule has 0 amide bonds. The van der Waals surface area contributed by atoms with Gasteiger partial charge in [-0.25, -0.2) is 0 Å². The van der Waals surface area contributed by atoms with Crippen molar-refractivity contribution in [3.63, 3.8) is 0 Å². The fourth-order valence-corrected chi connectivity index (χ4v) is 5.83. The van der Waals surface area contributed by atoms with Crippen LogP contribution in [-0.2, 0) is 5.41 Å². The minimum Gasteiger partial charge on any atom is -0.398 e. The molecule has 0 fully saturated rings. The van der Waals surface area contributed by atoms with Crippen molar-refractivity contribution >= 4 is 11.6 Å². The van der Waals surface area contributed by atoms with Crippen molar-refractivity contribution in [2.45, 2.75) is 12.3 Å². The van der Waals surface area contributed by atoms with Crippen LogP contribution in [-0.4, -0.2) is 0 Å². The molecular weight excluding hydrogens is 398 g/mol. The number of allylic oxidation sites excluding steroid dienone is 4. The van der Waals surface area contributed by atoms with Crippen LogP contribution in [0, 0.1) is 0 Å². The van der Waals surface area contributed by atoms with Crippen LogP contribution in [0.1, 0.15) is 34.7 Å². The molecule has 4 aromatic carbocycles. The van der Waals surface area contributed by atoms with Gasteiger partial charge in [0.2, 0.25) is 0 Å². The maximum Gasteiger partial charge on any atom is 0.0723 e. The molecule has 0 saturated heterocycles. The molecule has 6 rings (SSSR count). The minimum atomic E-state index is -0.348. The lowest BCUT2D eigenvalue weighted by molar-refractivity contribution is 0.792. The molecule has 0 aromatic heterocycles. The molecule has 158 valence electrons. The van der Waals surface area contributed by atoms with Gasteiger partial charge in [0.1, 0.15) is 0 Å². The molecular formula is C32H25N. The average Bonchev–Trinajstić information content (AvgIpc) is 3.35. The lowest BCUT2D eigenvalue weighted by atomic mass is 9.70. The van der Waals surface area contributed by atoms with Crippen LogP contribution in [0.3, 0.4) is 0 Å². The lowest BCUT2D eigenvalue weighted by Crippen LogP contribution is -2.26. The number of benzene rings is 4. The van der Waals surface area contributed by atoms with Crippen LogP contribution in [0.25, 0.3) is 22.8 Å². The molecule has 0 unspecified atom stereocenters. The summed E-state index contributed by atoms with van der Waals surface area (Å²) in [5.74, 6) is 0. The Hall–Kier alpha value is -4.10. The van der Waals surface area contributed by atoms with E-state index in [-0.39, 0.29) is 5.41 Å². The van der Waals surface area contributed by atoms with E-state index in [1.807, 2.05) is 18.2 Å². The Labute approximate surface area is 195 Å². The van der Waals surface area contributed by atoms with Gasteiger partial charge in [-0.1, -0.05) is 115 Å². The summed E-state index contributed by atoms with van der Waals surface area (Å²) in [5.41, 5.74) is 18.6. The standard InChI is InChI=1S/C32H25N/c1-2-26-31(30(33)21-20-22-12-4-3-5-13-22)25-16-8-11-19-29(25)32(26)27-17-9-6-14-23(27)24-15-7-10-18-28(24)32/h2-21H,33H2,1H3/b21-20+,26-2?,31-30+. The van der Waals surface area contributed by atoms with Crippen LogP contribution >= 0.6 is 0 Å². The summed E-state index contributed by atoms with van der Waals surface area (Å²) in [5, 5.41) is 0. The molecule has 2 aliphatic rings. The Morgan fingerprint density at radius 2 is 1.12 bits per heavy atom. The van der Waals surface area contributed by atoms with Gasteiger partial charge in [-0.05, 0) is 57.5 Å². The van der Waals surface area contributed by atoms with Gasteiger partial charge < -0.3 is 5.73 Å².